The molecule has 1 aromatic carbocycles. The lowest BCUT2D eigenvalue weighted by Gasteiger charge is -2.19. The second-order valence-corrected chi connectivity index (χ2v) is 6.28. The van der Waals surface area contributed by atoms with Crippen molar-refractivity contribution >= 4 is 22.9 Å². The highest BCUT2D eigenvalue weighted by Gasteiger charge is 2.30. The molecular weight excluding hydrogens is 314 g/mol. The molecule has 6 heteroatoms. The largest absolute Gasteiger partial charge is 0.322 e. The summed E-state index contributed by atoms with van der Waals surface area (Å²) in [6.07, 6.45) is 3.56. The summed E-state index contributed by atoms with van der Waals surface area (Å²) >= 11 is 0. The number of hydrogen-bond acceptors (Lipinski definition) is 3. The van der Waals surface area contributed by atoms with Crippen LogP contribution in [0.5, 0.6) is 0 Å². The Morgan fingerprint density at radius 3 is 2.88 bits per heavy atom. The first-order valence-electron chi connectivity index (χ1n) is 8.69. The molecule has 128 valence electrons. The number of urea groups is 1. The molecule has 4 rings (SSSR count). The van der Waals surface area contributed by atoms with E-state index in [2.05, 4.69) is 21.8 Å². The summed E-state index contributed by atoms with van der Waals surface area (Å²) in [5.74, 6) is 1.03. The van der Waals surface area contributed by atoms with E-state index in [1.165, 1.54) is 0 Å². The van der Waals surface area contributed by atoms with Crippen molar-refractivity contribution in [3.8, 4) is 0 Å². The van der Waals surface area contributed by atoms with E-state index in [4.69, 9.17) is 4.98 Å². The molecule has 1 saturated heterocycles. The normalized spacial score (nSPS) is 17.2. The van der Waals surface area contributed by atoms with Gasteiger partial charge in [0.25, 0.3) is 0 Å². The maximum atomic E-state index is 12.5. The minimum atomic E-state index is -0.0517. The second-order valence-electron chi connectivity index (χ2n) is 6.28. The molecule has 2 aromatic heterocycles. The van der Waals surface area contributed by atoms with Gasteiger partial charge in [0, 0.05) is 31.4 Å². The summed E-state index contributed by atoms with van der Waals surface area (Å²) in [6.45, 7) is 3.51. The molecule has 0 spiro atoms. The summed E-state index contributed by atoms with van der Waals surface area (Å²) in [5.41, 5.74) is 2.65. The molecule has 0 aliphatic carbocycles. The standard InChI is InChI=1S/C19H21N5O/c1-2-17-22-16-9-6-11-20-18(16)24(17)15-10-12-23(13-15)19(25)21-14-7-4-3-5-8-14/h3-9,11,15H,2,10,12-13H2,1H3,(H,21,25)/t15-/m1/s1. The predicted molar refractivity (Wildman–Crippen MR) is 97.6 cm³/mol. The zero-order valence-electron chi connectivity index (χ0n) is 14.2. The maximum absolute atomic E-state index is 12.5. The molecule has 3 heterocycles. The fourth-order valence-electron chi connectivity index (χ4n) is 3.47. The summed E-state index contributed by atoms with van der Waals surface area (Å²) in [6, 6.07) is 13.6. The number of imidazole rings is 1. The predicted octanol–water partition coefficient (Wildman–Crippen LogP) is 3.47. The lowest BCUT2D eigenvalue weighted by molar-refractivity contribution is 0.221. The van der Waals surface area contributed by atoms with Crippen LogP contribution in [0, 0.1) is 0 Å². The van der Waals surface area contributed by atoms with Gasteiger partial charge in [0.15, 0.2) is 5.65 Å². The van der Waals surface area contributed by atoms with Crippen LogP contribution in [-0.2, 0) is 6.42 Å². The number of aromatic nitrogens is 3. The van der Waals surface area contributed by atoms with E-state index in [9.17, 15) is 4.79 Å². The fourth-order valence-corrected chi connectivity index (χ4v) is 3.47. The molecule has 1 fully saturated rings. The number of likely N-dealkylation sites (tertiary alicyclic amines) is 1. The number of nitrogens with one attached hydrogen (secondary N) is 1. The van der Waals surface area contributed by atoms with E-state index < -0.39 is 0 Å². The first-order valence-corrected chi connectivity index (χ1v) is 8.69. The molecule has 1 aliphatic rings. The van der Waals surface area contributed by atoms with Crippen molar-refractivity contribution in [1.29, 1.82) is 0 Å². The summed E-state index contributed by atoms with van der Waals surface area (Å²) in [7, 11) is 0. The highest BCUT2D eigenvalue weighted by Crippen LogP contribution is 2.28. The van der Waals surface area contributed by atoms with Gasteiger partial charge in [-0.3, -0.25) is 0 Å². The van der Waals surface area contributed by atoms with Gasteiger partial charge in [0.05, 0.1) is 6.04 Å². The van der Waals surface area contributed by atoms with Crippen LogP contribution in [0.15, 0.2) is 48.7 Å². The molecule has 0 radical (unpaired) electrons. The van der Waals surface area contributed by atoms with Crippen molar-refractivity contribution in [3.05, 3.63) is 54.5 Å². The van der Waals surface area contributed by atoms with Gasteiger partial charge in [-0.2, -0.15) is 0 Å². The van der Waals surface area contributed by atoms with Gasteiger partial charge in [0.2, 0.25) is 0 Å². The van der Waals surface area contributed by atoms with Gasteiger partial charge in [-0.15, -0.1) is 0 Å². The van der Waals surface area contributed by atoms with E-state index in [1.807, 2.05) is 47.4 Å². The molecular formula is C19H21N5O. The zero-order valence-corrected chi connectivity index (χ0v) is 14.2. The fraction of sp³-hybridized carbons (Fsp3) is 0.316. The molecule has 1 atom stereocenters. The molecule has 0 saturated carbocycles. The highest BCUT2D eigenvalue weighted by atomic mass is 16.2. The van der Waals surface area contributed by atoms with Crippen LogP contribution in [0.4, 0.5) is 10.5 Å². The number of carbonyl (C=O) groups is 1. The number of pyridine rings is 1. The average Bonchev–Trinajstić information content (AvgIpc) is 3.26. The number of amides is 2. The Bertz CT molecular complexity index is 889. The molecule has 1 aliphatic heterocycles. The molecule has 3 aromatic rings. The quantitative estimate of drug-likeness (QED) is 0.797. The van der Waals surface area contributed by atoms with E-state index in [-0.39, 0.29) is 12.1 Å². The van der Waals surface area contributed by atoms with Crippen molar-refractivity contribution in [2.75, 3.05) is 18.4 Å². The van der Waals surface area contributed by atoms with Crippen LogP contribution in [0.25, 0.3) is 11.2 Å². The smallest absolute Gasteiger partial charge is 0.321 e. The van der Waals surface area contributed by atoms with Gasteiger partial charge in [-0.1, -0.05) is 25.1 Å². The Labute approximate surface area is 146 Å². The first kappa shape index (κ1) is 15.6. The number of anilines is 1. The topological polar surface area (TPSA) is 63.1 Å². The monoisotopic (exact) mass is 335 g/mol. The lowest BCUT2D eigenvalue weighted by Crippen LogP contribution is -2.33. The number of benzene rings is 1. The Hall–Kier alpha value is -2.89. The SMILES string of the molecule is CCc1nc2cccnc2n1[C@@H]1CCN(C(=O)Nc2ccccc2)C1. The highest BCUT2D eigenvalue weighted by molar-refractivity contribution is 5.89. The molecule has 0 bridgehead atoms. The third-order valence-corrected chi connectivity index (χ3v) is 4.68. The molecule has 6 nitrogen and oxygen atoms in total. The second kappa shape index (κ2) is 6.55. The zero-order chi connectivity index (χ0) is 17.2. The third kappa shape index (κ3) is 2.95. The van der Waals surface area contributed by atoms with Crippen molar-refractivity contribution in [1.82, 2.24) is 19.4 Å². The maximum Gasteiger partial charge on any atom is 0.321 e. The van der Waals surface area contributed by atoms with Crippen LogP contribution in [0.2, 0.25) is 0 Å². The van der Waals surface area contributed by atoms with Crippen LogP contribution in [0.1, 0.15) is 25.2 Å². The van der Waals surface area contributed by atoms with E-state index >= 15 is 0 Å². The van der Waals surface area contributed by atoms with Gasteiger partial charge in [-0.25, -0.2) is 14.8 Å². The number of aryl methyl sites for hydroxylation is 1. The Morgan fingerprint density at radius 1 is 1.24 bits per heavy atom. The number of nitrogens with zero attached hydrogens (tertiary/aromatic N) is 4. The average molecular weight is 335 g/mol. The van der Waals surface area contributed by atoms with Crippen molar-refractivity contribution in [2.45, 2.75) is 25.8 Å². The van der Waals surface area contributed by atoms with Gasteiger partial charge >= 0.3 is 6.03 Å². The molecule has 0 unspecified atom stereocenters. The number of carbonyl (C=O) groups excluding carboxylic acids is 1. The van der Waals surface area contributed by atoms with Crippen LogP contribution < -0.4 is 5.32 Å². The number of fused-ring (bicyclic) bond motifs is 1. The van der Waals surface area contributed by atoms with Crippen LogP contribution in [-0.4, -0.2) is 38.6 Å². The number of para-hydroxylation sites is 1. The van der Waals surface area contributed by atoms with E-state index in [0.717, 1.165) is 42.1 Å². The minimum absolute atomic E-state index is 0.0517. The third-order valence-electron chi connectivity index (χ3n) is 4.68. The first-order chi connectivity index (χ1) is 12.3. The Morgan fingerprint density at radius 2 is 2.08 bits per heavy atom. The number of hydrogen-bond donors (Lipinski definition) is 1. The Kier molecular flexibility index (Phi) is 4.09. The Balaban J connectivity index is 1.54. The van der Waals surface area contributed by atoms with E-state index in [0.29, 0.717) is 6.54 Å². The molecule has 25 heavy (non-hydrogen) atoms. The summed E-state index contributed by atoms with van der Waals surface area (Å²) < 4.78 is 2.21. The van der Waals surface area contributed by atoms with Crippen molar-refractivity contribution < 1.29 is 4.79 Å². The molecule has 1 N–H and O–H groups in total. The summed E-state index contributed by atoms with van der Waals surface area (Å²) in [4.78, 5) is 23.6. The van der Waals surface area contributed by atoms with Crippen LogP contribution in [0.3, 0.4) is 0 Å². The van der Waals surface area contributed by atoms with Gasteiger partial charge < -0.3 is 14.8 Å². The number of rotatable bonds is 3. The van der Waals surface area contributed by atoms with Crippen LogP contribution >= 0.6 is 0 Å². The summed E-state index contributed by atoms with van der Waals surface area (Å²) in [5, 5.41) is 2.96. The van der Waals surface area contributed by atoms with Gasteiger partial charge in [0.1, 0.15) is 11.3 Å². The van der Waals surface area contributed by atoms with Crippen molar-refractivity contribution in [2.24, 2.45) is 0 Å². The lowest BCUT2D eigenvalue weighted by atomic mass is 10.2. The molecule has 2 amide bonds. The van der Waals surface area contributed by atoms with Crippen molar-refractivity contribution in [3.63, 3.8) is 0 Å². The van der Waals surface area contributed by atoms with Gasteiger partial charge in [-0.05, 0) is 30.7 Å². The van der Waals surface area contributed by atoms with E-state index in [1.54, 1.807) is 6.20 Å². The minimum Gasteiger partial charge on any atom is -0.322 e.